The smallest absolute Gasteiger partial charge is 0.790 e. The molecule has 63 valence electrons. The molecule has 0 N–H and O–H groups in total. The van der Waals surface area contributed by atoms with Crippen molar-refractivity contribution in [3.63, 3.8) is 0 Å². The van der Waals surface area contributed by atoms with E-state index in [0.717, 1.165) is 0 Å². The van der Waals surface area contributed by atoms with Crippen molar-refractivity contribution < 1.29 is 55.4 Å². The Morgan fingerprint density at radius 2 is 1.10 bits per heavy atom. The number of hydrogen-bond acceptors (Lipinski definition) is 7. The van der Waals surface area contributed by atoms with Crippen molar-refractivity contribution in [1.29, 1.82) is 0 Å². The van der Waals surface area contributed by atoms with Gasteiger partial charge in [-0.2, -0.15) is 0 Å². The summed E-state index contributed by atoms with van der Waals surface area (Å²) < 4.78 is 21.2. The molecule has 10 heteroatoms. The van der Waals surface area contributed by atoms with E-state index in [1.807, 2.05) is 0 Å². The van der Waals surface area contributed by atoms with Crippen molar-refractivity contribution in [3.8, 4) is 0 Å². The molecule has 0 bridgehead atoms. The maximum Gasteiger partial charge on any atom is 4.00 e. The minimum atomic E-state index is -5.68. The van der Waals surface area contributed by atoms with Gasteiger partial charge in [0.25, 0.3) is 0 Å². The molecule has 0 aliphatic carbocycles. The Bertz CT molecular complexity index is 152. The van der Waals surface area contributed by atoms with Crippen molar-refractivity contribution in [3.05, 3.63) is 0 Å². The number of phosphoric acid groups is 2. The molecule has 0 rings (SSSR count). The van der Waals surface area contributed by atoms with Gasteiger partial charge in [-0.15, -0.1) is 0 Å². The van der Waals surface area contributed by atoms with Gasteiger partial charge in [-0.25, -0.2) is 0 Å². The summed E-state index contributed by atoms with van der Waals surface area (Å²) in [6.07, 6.45) is 0. The molecule has 0 aromatic heterocycles. The van der Waals surface area contributed by atoms with E-state index in [0.29, 0.717) is 0 Å². The summed E-state index contributed by atoms with van der Waals surface area (Å²) in [4.78, 5) is 37.3. The van der Waals surface area contributed by atoms with Crippen LogP contribution in [-0.4, -0.2) is 0 Å². The summed E-state index contributed by atoms with van der Waals surface area (Å²) in [5.74, 6) is 0. The zero-order valence-corrected chi connectivity index (χ0v) is 8.01. The second kappa shape index (κ2) is 4.13. The van der Waals surface area contributed by atoms with Crippen LogP contribution in [0.15, 0.2) is 0 Å². The molecule has 0 fully saturated rings. The zero-order valence-electron chi connectivity index (χ0n) is 4.05. The minimum Gasteiger partial charge on any atom is -0.790 e. The molecule has 0 saturated heterocycles. The average Bonchev–Trinajstić information content (AvgIpc) is 1.14. The van der Waals surface area contributed by atoms with Crippen LogP contribution in [0.4, 0.5) is 0 Å². The molecule has 0 aliphatic heterocycles. The maximum absolute atomic E-state index is 9.32. The third-order valence-electron chi connectivity index (χ3n) is 0.200. The van der Waals surface area contributed by atoms with Gasteiger partial charge in [-0.05, 0) is 0 Å². The van der Waals surface area contributed by atoms with Crippen LogP contribution >= 0.6 is 15.6 Å². The summed E-state index contributed by atoms with van der Waals surface area (Å²) in [5, 5.41) is 0. The van der Waals surface area contributed by atoms with Crippen molar-refractivity contribution in [1.82, 2.24) is 0 Å². The molecule has 0 aromatic carbocycles. The van der Waals surface area contributed by atoms with E-state index in [4.69, 9.17) is 0 Å². The molecule has 0 heterocycles. The Labute approximate surface area is 71.4 Å². The Morgan fingerprint density at radius 3 is 1.10 bits per heavy atom. The monoisotopic (exact) mass is 371 g/mol. The van der Waals surface area contributed by atoms with E-state index in [1.54, 1.807) is 0 Å². The standard InChI is InChI=1S/Au.H4O7P2/c;1-8(2,3)7-9(4,5)6/h;(H2,1,2,3)(H2,4,5,6)/q+4;/p-4. The van der Waals surface area contributed by atoms with Gasteiger partial charge < -0.3 is 33.0 Å². The molecule has 1 radical (unpaired) electrons. The molecule has 0 aliphatic rings. The SMILES string of the molecule is O=P([O-])([O-])OP(=O)([O-])[O-].[Au+4]. The van der Waals surface area contributed by atoms with Crippen LogP contribution in [0, 0.1) is 0 Å². The van der Waals surface area contributed by atoms with Crippen LogP contribution < -0.4 is 19.6 Å². The summed E-state index contributed by atoms with van der Waals surface area (Å²) in [7, 11) is -11.4. The van der Waals surface area contributed by atoms with Crippen LogP contribution in [0.2, 0.25) is 0 Å². The zero-order chi connectivity index (χ0) is 7.71. The second-order valence-corrected chi connectivity index (χ2v) is 3.42. The van der Waals surface area contributed by atoms with Gasteiger partial charge in [-0.1, -0.05) is 0 Å². The average molecular weight is 371 g/mol. The molecule has 0 amide bonds. The first-order valence-corrected chi connectivity index (χ1v) is 4.38. The van der Waals surface area contributed by atoms with Crippen molar-refractivity contribution >= 4 is 15.6 Å². The van der Waals surface area contributed by atoms with E-state index < -0.39 is 15.6 Å². The quantitative estimate of drug-likeness (QED) is 0.366. The maximum atomic E-state index is 9.32. The summed E-state index contributed by atoms with van der Waals surface area (Å²) in [6.45, 7) is 0. The molecule has 7 nitrogen and oxygen atoms in total. The topological polar surface area (TPSA) is 136 Å². The fraction of sp³-hybridized carbons (Fsp3) is 0. The van der Waals surface area contributed by atoms with E-state index in [2.05, 4.69) is 4.31 Å². The molecule has 0 saturated carbocycles. The van der Waals surface area contributed by atoms with Crippen LogP contribution in [0.3, 0.4) is 0 Å². The second-order valence-electron chi connectivity index (χ2n) is 0.976. The third-order valence-corrected chi connectivity index (χ3v) is 1.80. The Kier molecular flexibility index (Phi) is 5.61. The van der Waals surface area contributed by atoms with Gasteiger partial charge in [0.2, 0.25) is 0 Å². The molecule has 0 spiro atoms. The van der Waals surface area contributed by atoms with Gasteiger partial charge in [0.05, 0.1) is 15.6 Å². The molecular weight excluding hydrogens is 371 g/mol. The van der Waals surface area contributed by atoms with Crippen LogP contribution in [0.25, 0.3) is 0 Å². The molecule has 0 unspecified atom stereocenters. The Hall–Kier alpha value is 1.00. The minimum absolute atomic E-state index is 0. The summed E-state index contributed by atoms with van der Waals surface area (Å²) in [6, 6.07) is 0. The Balaban J connectivity index is 0. The van der Waals surface area contributed by atoms with Crippen LogP contribution in [-0.2, 0) is 35.8 Å². The summed E-state index contributed by atoms with van der Waals surface area (Å²) >= 11 is 0. The van der Waals surface area contributed by atoms with Crippen LogP contribution in [0.5, 0.6) is 0 Å². The van der Waals surface area contributed by atoms with Crippen molar-refractivity contribution in [2.24, 2.45) is 0 Å². The third kappa shape index (κ3) is 11.8. The largest absolute Gasteiger partial charge is 4.00 e. The van der Waals surface area contributed by atoms with Crippen molar-refractivity contribution in [2.45, 2.75) is 0 Å². The molecule has 0 aromatic rings. The fourth-order valence-corrected chi connectivity index (χ4v) is 1.10. The van der Waals surface area contributed by atoms with Gasteiger partial charge in [0, 0.05) is 0 Å². The van der Waals surface area contributed by atoms with Gasteiger partial charge in [0.1, 0.15) is 0 Å². The molecule has 10 heavy (non-hydrogen) atoms. The van der Waals surface area contributed by atoms with Crippen LogP contribution in [0.1, 0.15) is 0 Å². The van der Waals surface area contributed by atoms with Crippen molar-refractivity contribution in [2.75, 3.05) is 0 Å². The number of rotatable bonds is 2. The first-order chi connectivity index (χ1) is 3.71. The van der Waals surface area contributed by atoms with E-state index in [1.165, 1.54) is 0 Å². The van der Waals surface area contributed by atoms with Gasteiger partial charge in [0.15, 0.2) is 0 Å². The van der Waals surface area contributed by atoms with E-state index in [9.17, 15) is 28.7 Å². The normalized spacial score (nSPS) is 12.4. The molecular formula is AuO7P2. The van der Waals surface area contributed by atoms with Gasteiger partial charge in [-0.3, -0.25) is 0 Å². The first-order valence-electron chi connectivity index (χ1n) is 1.46. The van der Waals surface area contributed by atoms with E-state index >= 15 is 0 Å². The Morgan fingerprint density at radius 1 is 0.900 bits per heavy atom. The summed E-state index contributed by atoms with van der Waals surface area (Å²) in [5.41, 5.74) is 0. The first kappa shape index (κ1) is 13.6. The van der Waals surface area contributed by atoms with E-state index in [-0.39, 0.29) is 22.4 Å². The van der Waals surface area contributed by atoms with Gasteiger partial charge >= 0.3 is 22.4 Å². The predicted molar refractivity (Wildman–Crippen MR) is 16.3 cm³/mol. The fourth-order valence-electron chi connectivity index (χ4n) is 0.122. The number of hydrogen-bond donors (Lipinski definition) is 0. The predicted octanol–water partition coefficient (Wildman–Crippen LogP) is -3.34. The molecule has 0 atom stereocenters.